The summed E-state index contributed by atoms with van der Waals surface area (Å²) in [5.74, 6) is 2.27. The van der Waals surface area contributed by atoms with E-state index < -0.39 is 10.0 Å². The Balaban J connectivity index is 3.23. The molecule has 0 aromatic carbocycles. The van der Waals surface area contributed by atoms with Crippen LogP contribution in [0.15, 0.2) is 5.03 Å². The lowest BCUT2D eigenvalue weighted by atomic mass is 10.3. The molecule has 1 aromatic rings. The van der Waals surface area contributed by atoms with E-state index in [1.54, 1.807) is 6.92 Å². The van der Waals surface area contributed by atoms with Crippen molar-refractivity contribution in [2.75, 3.05) is 13.6 Å². The average Bonchev–Trinajstić information content (AvgIpc) is 2.60. The number of hydrogen-bond acceptors (Lipinski definition) is 4. The van der Waals surface area contributed by atoms with E-state index in [9.17, 15) is 8.42 Å². The van der Waals surface area contributed by atoms with Crippen molar-refractivity contribution in [2.45, 2.75) is 18.5 Å². The number of sulfonamides is 1. The highest BCUT2D eigenvalue weighted by Crippen LogP contribution is 2.18. The van der Waals surface area contributed by atoms with Crippen LogP contribution < -0.4 is 5.73 Å². The largest absolute Gasteiger partial charge is 0.326 e. The van der Waals surface area contributed by atoms with Gasteiger partial charge in [0.15, 0.2) is 5.03 Å². The summed E-state index contributed by atoms with van der Waals surface area (Å²) in [4.78, 5) is 0. The Morgan fingerprint density at radius 3 is 2.75 bits per heavy atom. The van der Waals surface area contributed by atoms with Gasteiger partial charge in [-0.15, -0.1) is 6.42 Å². The first-order valence-corrected chi connectivity index (χ1v) is 6.02. The highest BCUT2D eigenvalue weighted by molar-refractivity contribution is 7.89. The van der Waals surface area contributed by atoms with E-state index in [2.05, 4.69) is 16.1 Å². The van der Waals surface area contributed by atoms with Crippen molar-refractivity contribution in [1.29, 1.82) is 0 Å². The summed E-state index contributed by atoms with van der Waals surface area (Å²) in [6.45, 7) is 1.83. The fraction of sp³-hybridized carbons (Fsp3) is 0.444. The highest BCUT2D eigenvalue weighted by atomic mass is 32.2. The molecule has 0 amide bonds. The van der Waals surface area contributed by atoms with E-state index in [0.29, 0.717) is 11.3 Å². The van der Waals surface area contributed by atoms with Crippen molar-refractivity contribution in [3.63, 3.8) is 0 Å². The molecule has 0 radical (unpaired) electrons. The standard InChI is InChI=1S/C9H14N4O2S/c1-4-5-13(3)16(14,15)9-8(6-10)7(2)11-12-9/h1H,5-6,10H2,2-3H3,(H,11,12). The first kappa shape index (κ1) is 12.7. The van der Waals surface area contributed by atoms with Crippen molar-refractivity contribution in [3.05, 3.63) is 11.3 Å². The first-order valence-electron chi connectivity index (χ1n) is 4.58. The maximum absolute atomic E-state index is 12.0. The molecule has 6 nitrogen and oxygen atoms in total. The monoisotopic (exact) mass is 242 g/mol. The molecule has 0 aliphatic carbocycles. The summed E-state index contributed by atoms with van der Waals surface area (Å²) in [7, 11) is -2.25. The zero-order chi connectivity index (χ0) is 12.3. The second kappa shape index (κ2) is 4.65. The van der Waals surface area contributed by atoms with E-state index in [-0.39, 0.29) is 18.1 Å². The molecular formula is C9H14N4O2S. The number of nitrogens with two attached hydrogens (primary N) is 1. The molecule has 0 fully saturated rings. The lowest BCUT2D eigenvalue weighted by molar-refractivity contribution is 0.498. The van der Waals surface area contributed by atoms with E-state index in [4.69, 9.17) is 12.2 Å². The molecule has 3 N–H and O–H groups in total. The van der Waals surface area contributed by atoms with Gasteiger partial charge in [0.2, 0.25) is 0 Å². The maximum atomic E-state index is 12.0. The molecule has 7 heteroatoms. The van der Waals surface area contributed by atoms with Crippen LogP contribution in [0.5, 0.6) is 0 Å². The predicted molar refractivity (Wildman–Crippen MR) is 59.9 cm³/mol. The second-order valence-electron chi connectivity index (χ2n) is 3.30. The molecule has 0 aliphatic heterocycles. The molecule has 88 valence electrons. The lowest BCUT2D eigenvalue weighted by Crippen LogP contribution is -2.28. The van der Waals surface area contributed by atoms with E-state index >= 15 is 0 Å². The van der Waals surface area contributed by atoms with Crippen LogP contribution in [0.25, 0.3) is 0 Å². The molecule has 0 aliphatic rings. The third kappa shape index (κ3) is 2.09. The molecule has 1 heterocycles. The van der Waals surface area contributed by atoms with Crippen molar-refractivity contribution in [2.24, 2.45) is 5.73 Å². The number of rotatable bonds is 4. The van der Waals surface area contributed by atoms with E-state index in [1.807, 2.05) is 0 Å². The lowest BCUT2D eigenvalue weighted by Gasteiger charge is -2.13. The van der Waals surface area contributed by atoms with Gasteiger partial charge < -0.3 is 5.73 Å². The second-order valence-corrected chi connectivity index (χ2v) is 5.26. The number of hydrogen-bond donors (Lipinski definition) is 2. The van der Waals surface area contributed by atoms with Crippen LogP contribution in [-0.2, 0) is 16.6 Å². The molecule has 16 heavy (non-hydrogen) atoms. The van der Waals surface area contributed by atoms with Crippen LogP contribution >= 0.6 is 0 Å². The summed E-state index contributed by atoms with van der Waals surface area (Å²) in [5.41, 5.74) is 6.62. The van der Waals surface area contributed by atoms with Gasteiger partial charge in [0.25, 0.3) is 10.0 Å². The summed E-state index contributed by atoms with van der Waals surface area (Å²) >= 11 is 0. The third-order valence-corrected chi connectivity index (χ3v) is 3.98. The van der Waals surface area contributed by atoms with Gasteiger partial charge in [-0.05, 0) is 6.92 Å². The van der Waals surface area contributed by atoms with Crippen LogP contribution in [0.3, 0.4) is 0 Å². The van der Waals surface area contributed by atoms with Crippen LogP contribution in [0, 0.1) is 19.3 Å². The Kier molecular flexibility index (Phi) is 3.70. The van der Waals surface area contributed by atoms with Crippen molar-refractivity contribution in [3.8, 4) is 12.3 Å². The van der Waals surface area contributed by atoms with Gasteiger partial charge in [0.1, 0.15) is 0 Å². The van der Waals surface area contributed by atoms with E-state index in [0.717, 1.165) is 4.31 Å². The van der Waals surface area contributed by atoms with E-state index in [1.165, 1.54) is 7.05 Å². The minimum atomic E-state index is -3.65. The topological polar surface area (TPSA) is 92.1 Å². The van der Waals surface area contributed by atoms with Crippen LogP contribution in [-0.4, -0.2) is 36.5 Å². The first-order chi connectivity index (χ1) is 7.45. The molecule has 0 saturated heterocycles. The summed E-state index contributed by atoms with van der Waals surface area (Å²) in [6.07, 6.45) is 5.07. The number of aromatic nitrogens is 2. The van der Waals surface area contributed by atoms with Gasteiger partial charge in [-0.3, -0.25) is 5.10 Å². The fourth-order valence-electron chi connectivity index (χ4n) is 1.24. The predicted octanol–water partition coefficient (Wildman–Crippen LogP) is -0.569. The highest BCUT2D eigenvalue weighted by Gasteiger charge is 2.26. The number of nitrogens with one attached hydrogen (secondary N) is 1. The summed E-state index contributed by atoms with van der Waals surface area (Å²) in [5, 5.41) is 6.31. The van der Waals surface area contributed by atoms with Gasteiger partial charge in [0.05, 0.1) is 6.54 Å². The van der Waals surface area contributed by atoms with Crippen LogP contribution in [0.1, 0.15) is 11.3 Å². The molecule has 0 spiro atoms. The Morgan fingerprint density at radius 2 is 2.25 bits per heavy atom. The van der Waals surface area contributed by atoms with Gasteiger partial charge in [-0.25, -0.2) is 8.42 Å². The van der Waals surface area contributed by atoms with Crippen LogP contribution in [0.2, 0.25) is 0 Å². The zero-order valence-electron chi connectivity index (χ0n) is 9.19. The quantitative estimate of drug-likeness (QED) is 0.692. The molecule has 0 atom stereocenters. The Labute approximate surface area is 94.9 Å². The van der Waals surface area contributed by atoms with Crippen LogP contribution in [0.4, 0.5) is 0 Å². The fourth-order valence-corrected chi connectivity index (χ4v) is 2.49. The minimum Gasteiger partial charge on any atom is -0.326 e. The zero-order valence-corrected chi connectivity index (χ0v) is 10.0. The third-order valence-electron chi connectivity index (χ3n) is 2.21. The van der Waals surface area contributed by atoms with Gasteiger partial charge in [0, 0.05) is 24.8 Å². The molecular weight excluding hydrogens is 228 g/mol. The number of aromatic amines is 1. The average molecular weight is 242 g/mol. The minimum absolute atomic E-state index is 0.00173. The molecule has 1 aromatic heterocycles. The Bertz CT molecular complexity index is 512. The maximum Gasteiger partial charge on any atom is 0.263 e. The molecule has 1 rings (SSSR count). The van der Waals surface area contributed by atoms with Crippen molar-refractivity contribution in [1.82, 2.24) is 14.5 Å². The number of H-pyrrole nitrogens is 1. The normalized spacial score (nSPS) is 11.7. The smallest absolute Gasteiger partial charge is 0.263 e. The van der Waals surface area contributed by atoms with Crippen molar-refractivity contribution < 1.29 is 8.42 Å². The van der Waals surface area contributed by atoms with Crippen molar-refractivity contribution >= 4 is 10.0 Å². The van der Waals surface area contributed by atoms with Gasteiger partial charge >= 0.3 is 0 Å². The summed E-state index contributed by atoms with van der Waals surface area (Å²) < 4.78 is 25.1. The number of terminal acetylenes is 1. The number of nitrogens with zero attached hydrogens (tertiary/aromatic N) is 2. The van der Waals surface area contributed by atoms with Gasteiger partial charge in [-0.2, -0.15) is 9.40 Å². The Hall–Kier alpha value is -1.36. The molecule has 0 saturated carbocycles. The molecule has 0 unspecified atom stereocenters. The molecule has 0 bridgehead atoms. The SMILES string of the molecule is C#CCN(C)S(=O)(=O)c1n[nH]c(C)c1CN. The Morgan fingerprint density at radius 1 is 1.62 bits per heavy atom. The number of aryl methyl sites for hydroxylation is 1. The van der Waals surface area contributed by atoms with Gasteiger partial charge in [-0.1, -0.05) is 5.92 Å². The summed E-state index contributed by atoms with van der Waals surface area (Å²) in [6, 6.07) is 0.